The van der Waals surface area contributed by atoms with E-state index in [0.29, 0.717) is 17.6 Å². The van der Waals surface area contributed by atoms with Crippen molar-refractivity contribution in [3.05, 3.63) is 35.3 Å². The predicted octanol–water partition coefficient (Wildman–Crippen LogP) is 3.35. The van der Waals surface area contributed by atoms with E-state index in [1.54, 1.807) is 11.3 Å². The van der Waals surface area contributed by atoms with E-state index in [1.165, 1.54) is 37.8 Å². The summed E-state index contributed by atoms with van der Waals surface area (Å²) in [6, 6.07) is 10.5. The van der Waals surface area contributed by atoms with Crippen molar-refractivity contribution < 1.29 is 4.79 Å². The summed E-state index contributed by atoms with van der Waals surface area (Å²) in [4.78, 5) is 17.0. The van der Waals surface area contributed by atoms with Gasteiger partial charge in [-0.25, -0.2) is 0 Å². The minimum absolute atomic E-state index is 0.00880. The molecule has 6 nitrogen and oxygen atoms in total. The molecular formula is C20H27N5OS. The Kier molecular flexibility index (Phi) is 5.99. The molecule has 1 aliphatic heterocycles. The molecule has 0 radical (unpaired) electrons. The number of hydrogen-bond acceptors (Lipinski definition) is 6. The Morgan fingerprint density at radius 3 is 2.52 bits per heavy atom. The molecule has 2 fully saturated rings. The summed E-state index contributed by atoms with van der Waals surface area (Å²) < 4.78 is 0. The molecule has 1 amide bonds. The molecule has 2 heterocycles. The number of amides is 1. The van der Waals surface area contributed by atoms with Crippen LogP contribution in [0.4, 0.5) is 10.8 Å². The van der Waals surface area contributed by atoms with Crippen LogP contribution < -0.4 is 10.2 Å². The summed E-state index contributed by atoms with van der Waals surface area (Å²) in [7, 11) is 0. The van der Waals surface area contributed by atoms with Crippen molar-refractivity contribution in [1.82, 2.24) is 15.1 Å². The fraction of sp³-hybridized carbons (Fsp3) is 0.550. The number of benzene rings is 1. The molecule has 1 N–H and O–H groups in total. The summed E-state index contributed by atoms with van der Waals surface area (Å²) in [5, 5.41) is 13.2. The molecule has 0 atom stereocenters. The lowest BCUT2D eigenvalue weighted by molar-refractivity contribution is -0.117. The van der Waals surface area contributed by atoms with Gasteiger partial charge in [0.15, 0.2) is 0 Å². The highest BCUT2D eigenvalue weighted by atomic mass is 32.1. The zero-order chi connectivity index (χ0) is 18.5. The molecular weight excluding hydrogens is 358 g/mol. The Labute approximate surface area is 164 Å². The van der Waals surface area contributed by atoms with Gasteiger partial charge < -0.3 is 4.90 Å². The van der Waals surface area contributed by atoms with Crippen LogP contribution in [0, 0.1) is 0 Å². The van der Waals surface area contributed by atoms with Crippen LogP contribution in [-0.2, 0) is 4.79 Å². The van der Waals surface area contributed by atoms with E-state index in [9.17, 15) is 4.79 Å². The van der Waals surface area contributed by atoms with Crippen LogP contribution in [0.2, 0.25) is 0 Å². The van der Waals surface area contributed by atoms with Crippen molar-refractivity contribution in [3.8, 4) is 0 Å². The molecule has 1 saturated heterocycles. The minimum atomic E-state index is 0.00880. The molecule has 4 rings (SSSR count). The Bertz CT molecular complexity index is 736. The Morgan fingerprint density at radius 1 is 1.04 bits per heavy atom. The van der Waals surface area contributed by atoms with Gasteiger partial charge in [-0.1, -0.05) is 48.8 Å². The van der Waals surface area contributed by atoms with Crippen molar-refractivity contribution in [2.75, 3.05) is 42.9 Å². The molecule has 1 aromatic carbocycles. The van der Waals surface area contributed by atoms with E-state index in [2.05, 4.69) is 49.6 Å². The van der Waals surface area contributed by atoms with E-state index in [-0.39, 0.29) is 5.91 Å². The van der Waals surface area contributed by atoms with E-state index < -0.39 is 0 Å². The molecule has 27 heavy (non-hydrogen) atoms. The first kappa shape index (κ1) is 18.4. The van der Waals surface area contributed by atoms with Gasteiger partial charge in [0, 0.05) is 37.8 Å². The zero-order valence-electron chi connectivity index (χ0n) is 15.6. The van der Waals surface area contributed by atoms with E-state index >= 15 is 0 Å². The molecule has 144 valence electrons. The van der Waals surface area contributed by atoms with Gasteiger partial charge in [-0.2, -0.15) is 0 Å². The maximum absolute atomic E-state index is 12.4. The third-order valence-corrected chi connectivity index (χ3v) is 6.50. The number of nitrogens with zero attached hydrogens (tertiary/aromatic N) is 4. The average molecular weight is 386 g/mol. The largest absolute Gasteiger partial charge is 0.369 e. The topological polar surface area (TPSA) is 61.4 Å². The number of hydrogen-bond donors (Lipinski definition) is 1. The van der Waals surface area contributed by atoms with Gasteiger partial charge in [0.05, 0.1) is 6.54 Å². The Morgan fingerprint density at radius 2 is 1.78 bits per heavy atom. The first-order valence-electron chi connectivity index (χ1n) is 9.93. The molecule has 2 aromatic rings. The predicted molar refractivity (Wildman–Crippen MR) is 109 cm³/mol. The van der Waals surface area contributed by atoms with Gasteiger partial charge in [-0.05, 0) is 25.0 Å². The number of carbonyl (C=O) groups is 1. The molecule has 0 spiro atoms. The van der Waals surface area contributed by atoms with Crippen molar-refractivity contribution >= 4 is 28.1 Å². The van der Waals surface area contributed by atoms with Crippen LogP contribution in [0.15, 0.2) is 30.3 Å². The third-order valence-electron chi connectivity index (χ3n) is 5.50. The lowest BCUT2D eigenvalue weighted by atomic mass is 9.90. The van der Waals surface area contributed by atoms with Crippen LogP contribution in [0.3, 0.4) is 0 Å². The molecule has 1 saturated carbocycles. The molecule has 1 aliphatic carbocycles. The van der Waals surface area contributed by atoms with Crippen molar-refractivity contribution in [2.45, 2.75) is 38.0 Å². The van der Waals surface area contributed by atoms with Crippen LogP contribution in [0.1, 0.15) is 43.0 Å². The molecule has 2 aliphatic rings. The number of carbonyl (C=O) groups excluding carboxylic acids is 1. The molecule has 0 unspecified atom stereocenters. The quantitative estimate of drug-likeness (QED) is 0.855. The summed E-state index contributed by atoms with van der Waals surface area (Å²) in [6.07, 6.45) is 6.29. The second kappa shape index (κ2) is 8.80. The number of para-hydroxylation sites is 1. The van der Waals surface area contributed by atoms with Gasteiger partial charge in [-0.15, -0.1) is 10.2 Å². The maximum atomic E-state index is 12.4. The fourth-order valence-electron chi connectivity index (χ4n) is 3.96. The molecule has 7 heteroatoms. The number of rotatable bonds is 5. The standard InChI is InChI=1S/C20H27N5OS/c26-18(21-20-23-22-19(27-20)16-7-3-1-4-8-16)15-24-11-13-25(14-12-24)17-9-5-2-6-10-17/h2,5-6,9-10,16H,1,3-4,7-8,11-15H2,(H,21,23,26). The monoisotopic (exact) mass is 385 g/mol. The van der Waals surface area contributed by atoms with Crippen LogP contribution in [-0.4, -0.2) is 53.7 Å². The highest BCUT2D eigenvalue weighted by Gasteiger charge is 2.22. The summed E-state index contributed by atoms with van der Waals surface area (Å²) in [5.41, 5.74) is 1.26. The lowest BCUT2D eigenvalue weighted by Crippen LogP contribution is -2.48. The maximum Gasteiger partial charge on any atom is 0.240 e. The van der Waals surface area contributed by atoms with Gasteiger partial charge in [0.2, 0.25) is 11.0 Å². The van der Waals surface area contributed by atoms with E-state index in [1.807, 2.05) is 6.07 Å². The number of aromatic nitrogens is 2. The lowest BCUT2D eigenvalue weighted by Gasteiger charge is -2.35. The number of piperazine rings is 1. The van der Waals surface area contributed by atoms with E-state index in [0.717, 1.165) is 31.2 Å². The smallest absolute Gasteiger partial charge is 0.240 e. The third kappa shape index (κ3) is 4.84. The van der Waals surface area contributed by atoms with Gasteiger partial charge >= 0.3 is 0 Å². The van der Waals surface area contributed by atoms with Crippen molar-refractivity contribution in [3.63, 3.8) is 0 Å². The van der Waals surface area contributed by atoms with Gasteiger partial charge in [0.1, 0.15) is 5.01 Å². The van der Waals surface area contributed by atoms with Crippen molar-refractivity contribution in [1.29, 1.82) is 0 Å². The van der Waals surface area contributed by atoms with Gasteiger partial charge in [0.25, 0.3) is 0 Å². The minimum Gasteiger partial charge on any atom is -0.369 e. The van der Waals surface area contributed by atoms with Gasteiger partial charge in [-0.3, -0.25) is 15.0 Å². The highest BCUT2D eigenvalue weighted by Crippen LogP contribution is 2.35. The summed E-state index contributed by atoms with van der Waals surface area (Å²) in [5.74, 6) is 0.544. The normalized spacial score (nSPS) is 19.2. The second-order valence-corrected chi connectivity index (χ2v) is 8.44. The fourth-order valence-corrected chi connectivity index (χ4v) is 4.89. The SMILES string of the molecule is O=C(CN1CCN(c2ccccc2)CC1)Nc1nnc(C2CCCCC2)s1. The van der Waals surface area contributed by atoms with Crippen LogP contribution in [0.25, 0.3) is 0 Å². The number of anilines is 2. The van der Waals surface area contributed by atoms with Crippen LogP contribution in [0.5, 0.6) is 0 Å². The second-order valence-electron chi connectivity index (χ2n) is 7.43. The average Bonchev–Trinajstić information content (AvgIpc) is 3.18. The summed E-state index contributed by atoms with van der Waals surface area (Å²) in [6.45, 7) is 4.10. The first-order chi connectivity index (χ1) is 13.3. The highest BCUT2D eigenvalue weighted by molar-refractivity contribution is 7.15. The summed E-state index contributed by atoms with van der Waals surface area (Å²) >= 11 is 1.55. The zero-order valence-corrected chi connectivity index (χ0v) is 16.5. The number of nitrogens with one attached hydrogen (secondary N) is 1. The molecule has 1 aromatic heterocycles. The molecule has 0 bridgehead atoms. The Hall–Kier alpha value is -1.99. The van der Waals surface area contributed by atoms with E-state index in [4.69, 9.17) is 0 Å². The first-order valence-corrected chi connectivity index (χ1v) is 10.8. The Balaban J connectivity index is 1.24. The van der Waals surface area contributed by atoms with Crippen LogP contribution >= 0.6 is 11.3 Å². The van der Waals surface area contributed by atoms with Crippen molar-refractivity contribution in [2.24, 2.45) is 0 Å².